The number of rotatable bonds is 4. The molecule has 1 saturated heterocycles. The summed E-state index contributed by atoms with van der Waals surface area (Å²) in [4.78, 5) is 2.37. The van der Waals surface area contributed by atoms with E-state index in [1.165, 1.54) is 18.5 Å². The van der Waals surface area contributed by atoms with Gasteiger partial charge in [0.2, 0.25) is 0 Å². The third kappa shape index (κ3) is 2.99. The van der Waals surface area contributed by atoms with E-state index in [0.29, 0.717) is 12.1 Å². The Morgan fingerprint density at radius 3 is 2.82 bits per heavy atom. The Morgan fingerprint density at radius 2 is 2.18 bits per heavy atom. The Kier molecular flexibility index (Phi) is 4.02. The summed E-state index contributed by atoms with van der Waals surface area (Å²) in [5.74, 6) is 0.971. The number of benzene rings is 1. The lowest BCUT2D eigenvalue weighted by Gasteiger charge is -2.21. The summed E-state index contributed by atoms with van der Waals surface area (Å²) >= 11 is 0. The van der Waals surface area contributed by atoms with Gasteiger partial charge in [0.25, 0.3) is 0 Å². The van der Waals surface area contributed by atoms with Crippen LogP contribution in [0.1, 0.15) is 24.9 Å². The van der Waals surface area contributed by atoms with E-state index in [4.69, 9.17) is 4.74 Å². The highest BCUT2D eigenvalue weighted by Crippen LogP contribution is 2.25. The van der Waals surface area contributed by atoms with Crippen molar-refractivity contribution in [2.45, 2.75) is 25.4 Å². The molecule has 2 atom stereocenters. The van der Waals surface area contributed by atoms with Gasteiger partial charge in [0.15, 0.2) is 0 Å². The lowest BCUT2D eigenvalue weighted by atomic mass is 10.1. The number of likely N-dealkylation sites (tertiary alicyclic amines) is 1. The fraction of sp³-hybridized carbons (Fsp3) is 0.571. The third-order valence-corrected chi connectivity index (χ3v) is 3.48. The van der Waals surface area contributed by atoms with Crippen molar-refractivity contribution in [3.8, 4) is 5.75 Å². The van der Waals surface area contributed by atoms with Gasteiger partial charge in [-0.05, 0) is 33.0 Å². The molecule has 1 aliphatic rings. The van der Waals surface area contributed by atoms with Crippen LogP contribution in [0.2, 0.25) is 0 Å². The van der Waals surface area contributed by atoms with Gasteiger partial charge in [-0.25, -0.2) is 0 Å². The predicted octanol–water partition coefficient (Wildman–Crippen LogP) is 2.05. The zero-order valence-corrected chi connectivity index (χ0v) is 10.9. The minimum absolute atomic E-state index is 0.336. The fourth-order valence-electron chi connectivity index (χ4n) is 2.54. The summed E-state index contributed by atoms with van der Waals surface area (Å²) in [6.07, 6.45) is 1.23. The van der Waals surface area contributed by atoms with E-state index in [1.54, 1.807) is 7.11 Å². The first kappa shape index (κ1) is 12.4. The molecule has 3 nitrogen and oxygen atoms in total. The predicted molar refractivity (Wildman–Crippen MR) is 70.4 cm³/mol. The van der Waals surface area contributed by atoms with E-state index in [9.17, 15) is 0 Å². The monoisotopic (exact) mass is 234 g/mol. The summed E-state index contributed by atoms with van der Waals surface area (Å²) in [6.45, 7) is 4.53. The van der Waals surface area contributed by atoms with Crippen LogP contribution >= 0.6 is 0 Å². The van der Waals surface area contributed by atoms with Crippen molar-refractivity contribution >= 4 is 0 Å². The van der Waals surface area contributed by atoms with Gasteiger partial charge in [0.1, 0.15) is 5.75 Å². The minimum atomic E-state index is 0.336. The van der Waals surface area contributed by atoms with Crippen molar-refractivity contribution in [1.82, 2.24) is 10.2 Å². The highest BCUT2D eigenvalue weighted by molar-refractivity contribution is 5.35. The maximum absolute atomic E-state index is 5.40. The molecule has 0 spiro atoms. The van der Waals surface area contributed by atoms with Crippen molar-refractivity contribution in [1.29, 1.82) is 0 Å². The van der Waals surface area contributed by atoms with Gasteiger partial charge in [0, 0.05) is 24.2 Å². The fourth-order valence-corrected chi connectivity index (χ4v) is 2.54. The molecule has 0 saturated carbocycles. The summed E-state index contributed by atoms with van der Waals surface area (Å²) in [7, 11) is 3.91. The summed E-state index contributed by atoms with van der Waals surface area (Å²) in [5, 5.41) is 3.68. The molecule has 3 heteroatoms. The maximum atomic E-state index is 5.40. The molecule has 1 aromatic carbocycles. The number of nitrogens with zero attached hydrogens (tertiary/aromatic N) is 1. The molecule has 2 unspecified atom stereocenters. The van der Waals surface area contributed by atoms with Crippen LogP contribution in [-0.4, -0.2) is 38.2 Å². The van der Waals surface area contributed by atoms with Crippen molar-refractivity contribution in [2.24, 2.45) is 0 Å². The zero-order valence-electron chi connectivity index (χ0n) is 10.9. The molecule has 1 N–H and O–H groups in total. The molecule has 0 amide bonds. The Morgan fingerprint density at radius 1 is 1.41 bits per heavy atom. The zero-order chi connectivity index (χ0) is 12.3. The summed E-state index contributed by atoms with van der Waals surface area (Å²) in [6, 6.07) is 9.17. The van der Waals surface area contributed by atoms with E-state index < -0.39 is 0 Å². The van der Waals surface area contributed by atoms with Gasteiger partial charge < -0.3 is 15.0 Å². The van der Waals surface area contributed by atoms with E-state index in [2.05, 4.69) is 36.3 Å². The second-order valence-corrected chi connectivity index (χ2v) is 4.88. The van der Waals surface area contributed by atoms with Crippen molar-refractivity contribution < 1.29 is 4.74 Å². The second-order valence-electron chi connectivity index (χ2n) is 4.88. The minimum Gasteiger partial charge on any atom is -0.496 e. The van der Waals surface area contributed by atoms with Gasteiger partial charge in [-0.15, -0.1) is 0 Å². The van der Waals surface area contributed by atoms with Crippen LogP contribution in [0.15, 0.2) is 24.3 Å². The molecule has 1 aliphatic heterocycles. The number of para-hydroxylation sites is 1. The molecule has 1 heterocycles. The number of methoxy groups -OCH3 is 1. The lowest BCUT2D eigenvalue weighted by Crippen LogP contribution is -2.33. The van der Waals surface area contributed by atoms with Crippen molar-refractivity contribution in [3.63, 3.8) is 0 Å². The number of nitrogens with one attached hydrogen (secondary N) is 1. The molecule has 2 rings (SSSR count). The number of likely N-dealkylation sites (N-methyl/N-ethyl adjacent to an activating group) is 1. The Hall–Kier alpha value is -1.06. The van der Waals surface area contributed by atoms with E-state index >= 15 is 0 Å². The van der Waals surface area contributed by atoms with Gasteiger partial charge in [-0.1, -0.05) is 18.2 Å². The molecular formula is C14H22N2O. The molecule has 0 aliphatic carbocycles. The standard InChI is InChI=1S/C14H22N2O/c1-11(15-12-8-9-16(2)10-12)13-6-4-5-7-14(13)17-3/h4-7,11-12,15H,8-10H2,1-3H3. The quantitative estimate of drug-likeness (QED) is 0.863. The van der Waals surface area contributed by atoms with Gasteiger partial charge >= 0.3 is 0 Å². The maximum Gasteiger partial charge on any atom is 0.123 e. The largest absolute Gasteiger partial charge is 0.496 e. The molecule has 0 bridgehead atoms. The van der Waals surface area contributed by atoms with E-state index in [1.807, 2.05) is 12.1 Å². The molecular weight excluding hydrogens is 212 g/mol. The third-order valence-electron chi connectivity index (χ3n) is 3.48. The first-order chi connectivity index (χ1) is 8.20. The van der Waals surface area contributed by atoms with E-state index in [0.717, 1.165) is 12.3 Å². The second kappa shape index (κ2) is 5.52. The van der Waals surface area contributed by atoms with Crippen LogP contribution < -0.4 is 10.1 Å². The van der Waals surface area contributed by atoms with Crippen LogP contribution in [0.4, 0.5) is 0 Å². The van der Waals surface area contributed by atoms with Crippen molar-refractivity contribution in [2.75, 3.05) is 27.2 Å². The van der Waals surface area contributed by atoms with E-state index in [-0.39, 0.29) is 0 Å². The van der Waals surface area contributed by atoms with Crippen LogP contribution in [0.3, 0.4) is 0 Å². The normalized spacial score (nSPS) is 22.6. The topological polar surface area (TPSA) is 24.5 Å². The lowest BCUT2D eigenvalue weighted by molar-refractivity contribution is 0.376. The summed E-state index contributed by atoms with van der Waals surface area (Å²) in [5.41, 5.74) is 1.24. The average molecular weight is 234 g/mol. The Bertz CT molecular complexity index is 367. The molecule has 94 valence electrons. The number of ether oxygens (including phenoxy) is 1. The van der Waals surface area contributed by atoms with Crippen LogP contribution in [0.25, 0.3) is 0 Å². The van der Waals surface area contributed by atoms with Crippen molar-refractivity contribution in [3.05, 3.63) is 29.8 Å². The van der Waals surface area contributed by atoms with Crippen LogP contribution in [0, 0.1) is 0 Å². The first-order valence-corrected chi connectivity index (χ1v) is 6.28. The summed E-state index contributed by atoms with van der Waals surface area (Å²) < 4.78 is 5.40. The molecule has 0 aromatic heterocycles. The number of hydrogen-bond acceptors (Lipinski definition) is 3. The first-order valence-electron chi connectivity index (χ1n) is 6.28. The average Bonchev–Trinajstić information content (AvgIpc) is 2.74. The smallest absolute Gasteiger partial charge is 0.123 e. The van der Waals surface area contributed by atoms with Gasteiger partial charge in [-0.3, -0.25) is 0 Å². The highest BCUT2D eigenvalue weighted by atomic mass is 16.5. The molecule has 17 heavy (non-hydrogen) atoms. The van der Waals surface area contributed by atoms with Crippen LogP contribution in [0.5, 0.6) is 5.75 Å². The SMILES string of the molecule is COc1ccccc1C(C)NC1CCN(C)C1. The Labute approximate surface area is 104 Å². The number of hydrogen-bond donors (Lipinski definition) is 1. The molecule has 1 aromatic rings. The van der Waals surface area contributed by atoms with Crippen LogP contribution in [-0.2, 0) is 0 Å². The highest BCUT2D eigenvalue weighted by Gasteiger charge is 2.22. The molecule has 1 fully saturated rings. The Balaban J connectivity index is 2.01. The van der Waals surface area contributed by atoms with Gasteiger partial charge in [-0.2, -0.15) is 0 Å². The van der Waals surface area contributed by atoms with Gasteiger partial charge in [0.05, 0.1) is 7.11 Å². The molecule has 0 radical (unpaired) electrons.